The summed E-state index contributed by atoms with van der Waals surface area (Å²) in [5, 5.41) is 8.86. The second kappa shape index (κ2) is 5.06. The Hall–Kier alpha value is -2.60. The van der Waals surface area contributed by atoms with E-state index >= 15 is 0 Å². The smallest absolute Gasteiger partial charge is 0.107 e. The Balaban J connectivity index is 2.05. The first-order valence-corrected chi connectivity index (χ1v) is 7.01. The van der Waals surface area contributed by atoms with Gasteiger partial charge in [-0.1, -0.05) is 12.1 Å². The molecule has 0 aliphatic carbocycles. The fourth-order valence-corrected chi connectivity index (χ4v) is 2.57. The Morgan fingerprint density at radius 3 is 2.38 bits per heavy atom. The number of aryl methyl sites for hydroxylation is 3. The molecule has 104 valence electrons. The highest BCUT2D eigenvalue weighted by atomic mass is 15.1. The van der Waals surface area contributed by atoms with E-state index in [0.29, 0.717) is 5.56 Å². The standard InChI is InChI=1S/C18H17N3/c1-12-8-17-18(9-13(12)2)21(14(3)20-17)11-16-6-4-15(10-19)5-7-16/h4-9H,11H2,1-3H3. The van der Waals surface area contributed by atoms with Gasteiger partial charge in [-0.3, -0.25) is 0 Å². The third-order valence-corrected chi connectivity index (χ3v) is 3.98. The molecule has 3 nitrogen and oxygen atoms in total. The summed E-state index contributed by atoms with van der Waals surface area (Å²) in [5.74, 6) is 1.01. The SMILES string of the molecule is Cc1cc2nc(C)n(Cc3ccc(C#N)cc3)c2cc1C. The summed E-state index contributed by atoms with van der Waals surface area (Å²) in [5.41, 5.74) is 6.63. The zero-order chi connectivity index (χ0) is 15.0. The van der Waals surface area contributed by atoms with Crippen molar-refractivity contribution in [2.75, 3.05) is 0 Å². The Morgan fingerprint density at radius 2 is 1.71 bits per heavy atom. The van der Waals surface area contributed by atoms with E-state index in [0.717, 1.165) is 17.9 Å². The Labute approximate surface area is 124 Å². The fourth-order valence-electron chi connectivity index (χ4n) is 2.57. The number of nitrogens with zero attached hydrogens (tertiary/aromatic N) is 3. The van der Waals surface area contributed by atoms with Gasteiger partial charge in [0.25, 0.3) is 0 Å². The number of fused-ring (bicyclic) bond motifs is 1. The third kappa shape index (κ3) is 2.41. The lowest BCUT2D eigenvalue weighted by atomic mass is 10.1. The first-order valence-electron chi connectivity index (χ1n) is 7.01. The van der Waals surface area contributed by atoms with Crippen LogP contribution in [0.25, 0.3) is 11.0 Å². The van der Waals surface area contributed by atoms with E-state index in [1.165, 1.54) is 22.2 Å². The molecule has 0 fully saturated rings. The second-order valence-corrected chi connectivity index (χ2v) is 5.48. The maximum absolute atomic E-state index is 8.86. The van der Waals surface area contributed by atoms with Crippen molar-refractivity contribution in [2.45, 2.75) is 27.3 Å². The van der Waals surface area contributed by atoms with Crippen LogP contribution in [0.2, 0.25) is 0 Å². The second-order valence-electron chi connectivity index (χ2n) is 5.48. The molecule has 0 bridgehead atoms. The molecule has 0 N–H and O–H groups in total. The highest BCUT2D eigenvalue weighted by Crippen LogP contribution is 2.21. The van der Waals surface area contributed by atoms with Crippen molar-refractivity contribution in [1.82, 2.24) is 9.55 Å². The molecular formula is C18H17N3. The van der Waals surface area contributed by atoms with Gasteiger partial charge in [-0.25, -0.2) is 4.98 Å². The van der Waals surface area contributed by atoms with Gasteiger partial charge in [-0.2, -0.15) is 5.26 Å². The van der Waals surface area contributed by atoms with E-state index in [-0.39, 0.29) is 0 Å². The topological polar surface area (TPSA) is 41.6 Å². The van der Waals surface area contributed by atoms with E-state index in [2.05, 4.69) is 41.6 Å². The van der Waals surface area contributed by atoms with Crippen LogP contribution in [0.15, 0.2) is 36.4 Å². The van der Waals surface area contributed by atoms with Crippen molar-refractivity contribution >= 4 is 11.0 Å². The monoisotopic (exact) mass is 275 g/mol. The van der Waals surface area contributed by atoms with Gasteiger partial charge in [0.05, 0.1) is 22.7 Å². The summed E-state index contributed by atoms with van der Waals surface area (Å²) in [4.78, 5) is 4.66. The number of benzene rings is 2. The molecule has 21 heavy (non-hydrogen) atoms. The van der Waals surface area contributed by atoms with Crippen molar-refractivity contribution in [3.05, 3.63) is 64.5 Å². The quantitative estimate of drug-likeness (QED) is 0.712. The minimum atomic E-state index is 0.692. The lowest BCUT2D eigenvalue weighted by molar-refractivity contribution is 0.785. The molecule has 0 aliphatic heterocycles. The van der Waals surface area contributed by atoms with Gasteiger partial charge in [-0.05, 0) is 61.7 Å². The molecular weight excluding hydrogens is 258 g/mol. The van der Waals surface area contributed by atoms with E-state index in [1.807, 2.05) is 31.2 Å². The molecule has 0 aliphatic rings. The number of imidazole rings is 1. The van der Waals surface area contributed by atoms with Crippen molar-refractivity contribution in [2.24, 2.45) is 0 Å². The van der Waals surface area contributed by atoms with Crippen LogP contribution in [-0.2, 0) is 6.54 Å². The minimum absolute atomic E-state index is 0.692. The molecule has 3 aromatic rings. The average Bonchev–Trinajstić information content (AvgIpc) is 2.76. The van der Waals surface area contributed by atoms with Crippen molar-refractivity contribution in [3.8, 4) is 6.07 Å². The number of nitriles is 1. The molecule has 0 unspecified atom stereocenters. The van der Waals surface area contributed by atoms with Crippen molar-refractivity contribution in [3.63, 3.8) is 0 Å². The Morgan fingerprint density at radius 1 is 1.05 bits per heavy atom. The van der Waals surface area contributed by atoms with Gasteiger partial charge in [0.15, 0.2) is 0 Å². The fraction of sp³-hybridized carbons (Fsp3) is 0.222. The number of hydrogen-bond donors (Lipinski definition) is 0. The summed E-state index contributed by atoms with van der Waals surface area (Å²) in [6.45, 7) is 7.05. The summed E-state index contributed by atoms with van der Waals surface area (Å²) in [6.07, 6.45) is 0. The lowest BCUT2D eigenvalue weighted by Gasteiger charge is -2.08. The normalized spacial score (nSPS) is 10.8. The zero-order valence-corrected chi connectivity index (χ0v) is 12.5. The summed E-state index contributed by atoms with van der Waals surface area (Å²) in [7, 11) is 0. The first kappa shape index (κ1) is 13.4. The largest absolute Gasteiger partial charge is 0.324 e. The highest BCUT2D eigenvalue weighted by molar-refractivity contribution is 5.78. The summed E-state index contributed by atoms with van der Waals surface area (Å²) in [6, 6.07) is 14.2. The molecule has 3 rings (SSSR count). The van der Waals surface area contributed by atoms with Gasteiger partial charge in [0.2, 0.25) is 0 Å². The van der Waals surface area contributed by atoms with Crippen molar-refractivity contribution < 1.29 is 0 Å². The molecule has 2 aromatic carbocycles. The van der Waals surface area contributed by atoms with Gasteiger partial charge in [-0.15, -0.1) is 0 Å². The predicted octanol–water partition coefficient (Wildman–Crippen LogP) is 3.88. The molecule has 1 heterocycles. The van der Waals surface area contributed by atoms with Gasteiger partial charge >= 0.3 is 0 Å². The molecule has 0 radical (unpaired) electrons. The minimum Gasteiger partial charge on any atom is -0.324 e. The van der Waals surface area contributed by atoms with E-state index in [1.54, 1.807) is 0 Å². The Bertz CT molecular complexity index is 849. The van der Waals surface area contributed by atoms with E-state index < -0.39 is 0 Å². The molecule has 3 heteroatoms. The maximum atomic E-state index is 8.86. The van der Waals surface area contributed by atoms with Gasteiger partial charge < -0.3 is 4.57 Å². The van der Waals surface area contributed by atoms with Crippen LogP contribution in [0.4, 0.5) is 0 Å². The van der Waals surface area contributed by atoms with Gasteiger partial charge in [0.1, 0.15) is 5.82 Å². The van der Waals surface area contributed by atoms with Crippen LogP contribution in [-0.4, -0.2) is 9.55 Å². The summed E-state index contributed by atoms with van der Waals surface area (Å²) >= 11 is 0. The van der Waals surface area contributed by atoms with Crippen LogP contribution < -0.4 is 0 Å². The molecule has 0 atom stereocenters. The number of aromatic nitrogens is 2. The van der Waals surface area contributed by atoms with E-state index in [9.17, 15) is 0 Å². The van der Waals surface area contributed by atoms with E-state index in [4.69, 9.17) is 5.26 Å². The lowest BCUT2D eigenvalue weighted by Crippen LogP contribution is -2.02. The number of rotatable bonds is 2. The zero-order valence-electron chi connectivity index (χ0n) is 12.5. The summed E-state index contributed by atoms with van der Waals surface area (Å²) < 4.78 is 2.23. The van der Waals surface area contributed by atoms with Crippen LogP contribution in [0.5, 0.6) is 0 Å². The van der Waals surface area contributed by atoms with Crippen LogP contribution in [0, 0.1) is 32.1 Å². The number of hydrogen-bond acceptors (Lipinski definition) is 2. The van der Waals surface area contributed by atoms with Crippen LogP contribution >= 0.6 is 0 Å². The van der Waals surface area contributed by atoms with Crippen molar-refractivity contribution in [1.29, 1.82) is 5.26 Å². The molecule has 0 spiro atoms. The van der Waals surface area contributed by atoms with Gasteiger partial charge in [0, 0.05) is 6.54 Å². The molecule has 0 saturated heterocycles. The van der Waals surface area contributed by atoms with Crippen LogP contribution in [0.3, 0.4) is 0 Å². The molecule has 1 aromatic heterocycles. The molecule has 0 amide bonds. The maximum Gasteiger partial charge on any atom is 0.107 e. The highest BCUT2D eigenvalue weighted by Gasteiger charge is 2.09. The molecule has 0 saturated carbocycles. The third-order valence-electron chi connectivity index (χ3n) is 3.98. The van der Waals surface area contributed by atoms with Crippen LogP contribution in [0.1, 0.15) is 28.1 Å². The Kier molecular flexibility index (Phi) is 3.23. The predicted molar refractivity (Wildman–Crippen MR) is 84.2 cm³/mol. The first-order chi connectivity index (χ1) is 10.1. The average molecular weight is 275 g/mol.